The van der Waals surface area contributed by atoms with Crippen molar-refractivity contribution in [3.05, 3.63) is 65.2 Å². The molecule has 0 fully saturated rings. The number of aliphatic hydroxyl groups excluding tert-OH is 1. The van der Waals surface area contributed by atoms with Crippen molar-refractivity contribution in [2.75, 3.05) is 13.7 Å². The molecule has 2 aliphatic rings. The molecule has 0 saturated carbocycles. The van der Waals surface area contributed by atoms with Crippen molar-refractivity contribution in [3.8, 4) is 40.2 Å². The van der Waals surface area contributed by atoms with Gasteiger partial charge in [0.25, 0.3) is 0 Å². The summed E-state index contributed by atoms with van der Waals surface area (Å²) in [6.07, 6.45) is -2.10. The van der Waals surface area contributed by atoms with Crippen LogP contribution in [-0.2, 0) is 0 Å². The first-order chi connectivity index (χ1) is 16.8. The van der Waals surface area contributed by atoms with E-state index in [4.69, 9.17) is 18.9 Å². The molecule has 0 aliphatic carbocycles. The van der Waals surface area contributed by atoms with Gasteiger partial charge in [-0.2, -0.15) is 0 Å². The second-order valence-electron chi connectivity index (χ2n) is 8.54. The Balaban J connectivity index is 1.49. The molecule has 0 bridgehead atoms. The van der Waals surface area contributed by atoms with E-state index in [1.165, 1.54) is 19.2 Å². The molecule has 3 aromatic rings. The number of phenols is 3. The van der Waals surface area contributed by atoms with E-state index in [9.17, 15) is 25.2 Å². The fourth-order valence-electron chi connectivity index (χ4n) is 4.50. The molecular weight excluding hydrogens is 456 g/mol. The lowest BCUT2D eigenvalue weighted by Crippen LogP contribution is -2.36. The Kier molecular flexibility index (Phi) is 5.56. The standard InChI is InChI=1S/C26H24O9/c1-12-24(31)23-17(30)9-15(28)10-21(23)35-25(12)13-4-6-18-20(8-13)34-26(22(11-27)33-18)14-3-5-16(29)19(7-14)32-2/h3-10,12,22,25-30H,11H2,1-2H3/t12-,22+,25-,26+/m1/s1. The van der Waals surface area contributed by atoms with Crippen LogP contribution in [0.4, 0.5) is 0 Å². The van der Waals surface area contributed by atoms with Crippen molar-refractivity contribution in [3.63, 3.8) is 0 Å². The largest absolute Gasteiger partial charge is 0.508 e. The summed E-state index contributed by atoms with van der Waals surface area (Å²) in [6.45, 7) is 1.39. The molecule has 3 aromatic carbocycles. The number of ether oxygens (including phenoxy) is 4. The Morgan fingerprint density at radius 1 is 0.829 bits per heavy atom. The summed E-state index contributed by atoms with van der Waals surface area (Å²) in [4.78, 5) is 13.0. The molecule has 0 spiro atoms. The summed E-state index contributed by atoms with van der Waals surface area (Å²) in [6, 6.07) is 12.3. The van der Waals surface area contributed by atoms with Crippen LogP contribution >= 0.6 is 0 Å². The van der Waals surface area contributed by atoms with Gasteiger partial charge in [0.2, 0.25) is 0 Å². The third-order valence-electron chi connectivity index (χ3n) is 6.31. The van der Waals surface area contributed by atoms with Crippen molar-refractivity contribution < 1.29 is 44.2 Å². The lowest BCUT2D eigenvalue weighted by molar-refractivity contribution is -0.0127. The minimum absolute atomic E-state index is 0.0262. The zero-order valence-electron chi connectivity index (χ0n) is 19.0. The highest BCUT2D eigenvalue weighted by molar-refractivity contribution is 6.04. The molecule has 0 amide bonds. The van der Waals surface area contributed by atoms with Crippen LogP contribution in [0.1, 0.15) is 40.6 Å². The van der Waals surface area contributed by atoms with Gasteiger partial charge < -0.3 is 39.4 Å². The minimum atomic E-state index is -0.702. The lowest BCUT2D eigenvalue weighted by atomic mass is 9.86. The van der Waals surface area contributed by atoms with Crippen LogP contribution < -0.4 is 18.9 Å². The van der Waals surface area contributed by atoms with E-state index < -0.39 is 24.2 Å². The van der Waals surface area contributed by atoms with Crippen molar-refractivity contribution in [2.45, 2.75) is 25.2 Å². The number of aliphatic hydroxyl groups is 1. The molecule has 0 aromatic heterocycles. The first-order valence-corrected chi connectivity index (χ1v) is 11.0. The number of hydrogen-bond donors (Lipinski definition) is 4. The Labute approximate surface area is 200 Å². The van der Waals surface area contributed by atoms with E-state index in [0.717, 1.165) is 6.07 Å². The van der Waals surface area contributed by atoms with Crippen LogP contribution in [0.25, 0.3) is 0 Å². The molecule has 2 aliphatic heterocycles. The molecule has 0 saturated heterocycles. The molecule has 4 atom stereocenters. The van der Waals surface area contributed by atoms with E-state index in [1.807, 2.05) is 0 Å². The van der Waals surface area contributed by atoms with Gasteiger partial charge in [-0.25, -0.2) is 0 Å². The summed E-state index contributed by atoms with van der Waals surface area (Å²) >= 11 is 0. The number of carbonyl (C=O) groups is 1. The maximum atomic E-state index is 13.0. The van der Waals surface area contributed by atoms with Crippen molar-refractivity contribution in [1.29, 1.82) is 0 Å². The lowest BCUT2D eigenvalue weighted by Gasteiger charge is -2.35. The molecule has 0 radical (unpaired) electrons. The highest BCUT2D eigenvalue weighted by atomic mass is 16.6. The number of benzene rings is 3. The molecule has 4 N–H and O–H groups in total. The summed E-state index contributed by atoms with van der Waals surface area (Å²) in [5, 5.41) is 39.8. The first-order valence-electron chi connectivity index (χ1n) is 11.0. The third-order valence-corrected chi connectivity index (χ3v) is 6.31. The number of fused-ring (bicyclic) bond motifs is 2. The fraction of sp³-hybridized carbons (Fsp3) is 0.269. The Morgan fingerprint density at radius 3 is 2.29 bits per heavy atom. The average molecular weight is 480 g/mol. The van der Waals surface area contributed by atoms with Crippen molar-refractivity contribution in [1.82, 2.24) is 0 Å². The number of hydrogen-bond acceptors (Lipinski definition) is 9. The SMILES string of the molecule is COc1cc([C@@H]2Oc3cc([C@@H]4Oc5cc(O)cc(O)c5C(=O)[C@H]4C)ccc3O[C@H]2CO)ccc1O. The van der Waals surface area contributed by atoms with E-state index in [1.54, 1.807) is 37.3 Å². The quantitative estimate of drug-likeness (QED) is 0.441. The van der Waals surface area contributed by atoms with E-state index >= 15 is 0 Å². The highest BCUT2D eigenvalue weighted by Gasteiger charge is 2.39. The fourth-order valence-corrected chi connectivity index (χ4v) is 4.50. The maximum Gasteiger partial charge on any atom is 0.177 e. The van der Waals surface area contributed by atoms with Crippen molar-refractivity contribution >= 4 is 5.78 Å². The predicted molar refractivity (Wildman–Crippen MR) is 123 cm³/mol. The number of methoxy groups -OCH3 is 1. The van der Waals surface area contributed by atoms with Crippen LogP contribution in [-0.4, -0.2) is 46.0 Å². The van der Waals surface area contributed by atoms with Gasteiger partial charge in [-0.1, -0.05) is 19.1 Å². The van der Waals surface area contributed by atoms with Gasteiger partial charge in [0.15, 0.2) is 41.0 Å². The Bertz CT molecular complexity index is 1300. The minimum Gasteiger partial charge on any atom is -0.508 e. The smallest absolute Gasteiger partial charge is 0.177 e. The van der Waals surface area contributed by atoms with Crippen LogP contribution in [0.3, 0.4) is 0 Å². The van der Waals surface area contributed by atoms with Gasteiger partial charge in [0.1, 0.15) is 28.9 Å². The van der Waals surface area contributed by atoms with Gasteiger partial charge in [-0.05, 0) is 29.8 Å². The van der Waals surface area contributed by atoms with Gasteiger partial charge in [0.05, 0.1) is 19.6 Å². The predicted octanol–water partition coefficient (Wildman–Crippen LogP) is 3.64. The van der Waals surface area contributed by atoms with E-state index in [-0.39, 0.29) is 46.7 Å². The molecular formula is C26H24O9. The van der Waals surface area contributed by atoms with Crippen LogP contribution in [0.2, 0.25) is 0 Å². The summed E-state index contributed by atoms with van der Waals surface area (Å²) in [5.41, 5.74) is 1.30. The van der Waals surface area contributed by atoms with E-state index in [0.29, 0.717) is 22.6 Å². The first kappa shape index (κ1) is 22.7. The summed E-state index contributed by atoms with van der Waals surface area (Å²) < 4.78 is 23.4. The molecule has 0 unspecified atom stereocenters. The number of phenolic OH excluding ortho intramolecular Hbond substituents is 3. The zero-order valence-corrected chi connectivity index (χ0v) is 19.0. The van der Waals surface area contributed by atoms with Crippen molar-refractivity contribution in [2.24, 2.45) is 5.92 Å². The number of carbonyl (C=O) groups excluding carboxylic acids is 1. The second kappa shape index (κ2) is 8.59. The van der Waals surface area contributed by atoms with E-state index in [2.05, 4.69) is 0 Å². The van der Waals surface area contributed by atoms with Gasteiger partial charge in [0, 0.05) is 17.7 Å². The number of aromatic hydroxyl groups is 3. The molecule has 2 heterocycles. The molecule has 5 rings (SSSR count). The monoisotopic (exact) mass is 480 g/mol. The Morgan fingerprint density at radius 2 is 1.54 bits per heavy atom. The molecule has 9 heteroatoms. The number of Topliss-reactive ketones (excluding diaryl/α,β-unsaturated/α-hetero) is 1. The van der Waals surface area contributed by atoms with Crippen LogP contribution in [0.15, 0.2) is 48.5 Å². The Hall–Kier alpha value is -4.11. The van der Waals surface area contributed by atoms with Gasteiger partial charge in [-0.15, -0.1) is 0 Å². The highest BCUT2D eigenvalue weighted by Crippen LogP contribution is 2.47. The molecule has 35 heavy (non-hydrogen) atoms. The summed E-state index contributed by atoms with van der Waals surface area (Å²) in [7, 11) is 1.44. The van der Waals surface area contributed by atoms with Crippen LogP contribution in [0.5, 0.6) is 40.2 Å². The molecule has 182 valence electrons. The second-order valence-corrected chi connectivity index (χ2v) is 8.54. The van der Waals surface area contributed by atoms with Gasteiger partial charge in [-0.3, -0.25) is 4.79 Å². The third kappa shape index (κ3) is 3.83. The number of ketones is 1. The van der Waals surface area contributed by atoms with Crippen LogP contribution in [0, 0.1) is 5.92 Å². The normalized spacial score (nSPS) is 22.8. The topological polar surface area (TPSA) is 135 Å². The summed E-state index contributed by atoms with van der Waals surface area (Å²) in [5.74, 6) is -0.346. The number of rotatable bonds is 4. The molecule has 9 nitrogen and oxygen atoms in total. The average Bonchev–Trinajstić information content (AvgIpc) is 2.85. The zero-order chi connectivity index (χ0) is 24.9. The van der Waals surface area contributed by atoms with Gasteiger partial charge >= 0.3 is 0 Å². The maximum absolute atomic E-state index is 13.0.